The lowest BCUT2D eigenvalue weighted by Gasteiger charge is -2.37. The number of carboxylic acid groups (broad SMARTS) is 1. The standard InChI is InChI=1S/C20H31ClN2O4/c1-4-10-27-20-17(21)11-15(12-18(20)26-3)13-22-8-6-16(7-9-22)23(5-2)14-19(24)25/h11-12,16H,4-10,13-14H2,1-3H3,(H,24,25). The van der Waals surface area contributed by atoms with Gasteiger partial charge in [-0.1, -0.05) is 25.4 Å². The van der Waals surface area contributed by atoms with Crippen LogP contribution in [0.2, 0.25) is 5.02 Å². The van der Waals surface area contributed by atoms with E-state index in [0.29, 0.717) is 29.2 Å². The van der Waals surface area contributed by atoms with Crippen LogP contribution in [0.3, 0.4) is 0 Å². The van der Waals surface area contributed by atoms with E-state index >= 15 is 0 Å². The fourth-order valence-electron chi connectivity index (χ4n) is 3.58. The topological polar surface area (TPSA) is 62.2 Å². The first-order valence-corrected chi connectivity index (χ1v) is 10.0. The molecule has 152 valence electrons. The maximum Gasteiger partial charge on any atom is 0.317 e. The average Bonchev–Trinajstić information content (AvgIpc) is 2.65. The minimum atomic E-state index is -0.758. The fraction of sp³-hybridized carbons (Fsp3) is 0.650. The van der Waals surface area contributed by atoms with Gasteiger partial charge in [0.15, 0.2) is 11.5 Å². The molecule has 0 atom stereocenters. The molecule has 0 unspecified atom stereocenters. The minimum absolute atomic E-state index is 0.118. The first-order valence-electron chi connectivity index (χ1n) is 9.65. The van der Waals surface area contributed by atoms with Crippen LogP contribution in [0.25, 0.3) is 0 Å². The van der Waals surface area contributed by atoms with E-state index in [0.717, 1.165) is 51.0 Å². The van der Waals surface area contributed by atoms with Crippen molar-refractivity contribution in [2.75, 3.05) is 39.9 Å². The fourth-order valence-corrected chi connectivity index (χ4v) is 3.87. The normalized spacial score (nSPS) is 15.9. The predicted octanol–water partition coefficient (Wildman–Crippen LogP) is 3.51. The monoisotopic (exact) mass is 398 g/mol. The van der Waals surface area contributed by atoms with Crippen LogP contribution in [-0.2, 0) is 11.3 Å². The molecule has 6 nitrogen and oxygen atoms in total. The van der Waals surface area contributed by atoms with Gasteiger partial charge in [-0.3, -0.25) is 14.6 Å². The van der Waals surface area contributed by atoms with Crippen molar-refractivity contribution >= 4 is 17.6 Å². The summed E-state index contributed by atoms with van der Waals surface area (Å²) in [5.74, 6) is 0.515. The molecule has 1 aromatic rings. The molecule has 1 aliphatic heterocycles. The van der Waals surface area contributed by atoms with Crippen LogP contribution in [-0.4, -0.2) is 66.8 Å². The van der Waals surface area contributed by atoms with Gasteiger partial charge in [0, 0.05) is 12.6 Å². The average molecular weight is 399 g/mol. The first-order chi connectivity index (χ1) is 13.0. The van der Waals surface area contributed by atoms with Crippen molar-refractivity contribution in [2.45, 2.75) is 45.7 Å². The van der Waals surface area contributed by atoms with Gasteiger partial charge in [0.05, 0.1) is 25.3 Å². The number of aliphatic carboxylic acids is 1. The molecule has 1 N–H and O–H groups in total. The third-order valence-electron chi connectivity index (χ3n) is 4.96. The number of carboxylic acids is 1. The lowest BCUT2D eigenvalue weighted by molar-refractivity contribution is -0.139. The van der Waals surface area contributed by atoms with E-state index in [9.17, 15) is 4.79 Å². The third-order valence-corrected chi connectivity index (χ3v) is 5.24. The smallest absolute Gasteiger partial charge is 0.317 e. The van der Waals surface area contributed by atoms with E-state index < -0.39 is 5.97 Å². The number of likely N-dealkylation sites (N-methyl/N-ethyl adjacent to an activating group) is 1. The number of hydrogen-bond donors (Lipinski definition) is 1. The maximum atomic E-state index is 11.0. The molecule has 0 saturated carbocycles. The summed E-state index contributed by atoms with van der Waals surface area (Å²) >= 11 is 6.41. The molecule has 2 rings (SSSR count). The highest BCUT2D eigenvalue weighted by Gasteiger charge is 2.25. The maximum absolute atomic E-state index is 11.0. The number of rotatable bonds is 10. The molecule has 0 aliphatic carbocycles. The minimum Gasteiger partial charge on any atom is -0.493 e. The number of nitrogens with zero attached hydrogens (tertiary/aromatic N) is 2. The highest BCUT2D eigenvalue weighted by atomic mass is 35.5. The van der Waals surface area contributed by atoms with Gasteiger partial charge < -0.3 is 14.6 Å². The van der Waals surface area contributed by atoms with Crippen LogP contribution in [0, 0.1) is 0 Å². The molecule has 1 saturated heterocycles. The largest absolute Gasteiger partial charge is 0.493 e. The number of likely N-dealkylation sites (tertiary alicyclic amines) is 1. The summed E-state index contributed by atoms with van der Waals surface area (Å²) in [5.41, 5.74) is 1.09. The van der Waals surface area contributed by atoms with Gasteiger partial charge in [0.25, 0.3) is 0 Å². The summed E-state index contributed by atoms with van der Waals surface area (Å²) in [7, 11) is 1.63. The number of halogens is 1. The van der Waals surface area contributed by atoms with Crippen LogP contribution >= 0.6 is 11.6 Å². The van der Waals surface area contributed by atoms with Gasteiger partial charge in [0.1, 0.15) is 0 Å². The number of methoxy groups -OCH3 is 1. The molecule has 0 amide bonds. The van der Waals surface area contributed by atoms with E-state index in [2.05, 4.69) is 16.7 Å². The second-order valence-electron chi connectivity index (χ2n) is 6.92. The Balaban J connectivity index is 1.96. The Morgan fingerprint density at radius 3 is 2.59 bits per heavy atom. The number of hydrogen-bond acceptors (Lipinski definition) is 5. The first kappa shape index (κ1) is 21.8. The molecular weight excluding hydrogens is 368 g/mol. The van der Waals surface area contributed by atoms with Crippen molar-refractivity contribution < 1.29 is 19.4 Å². The van der Waals surface area contributed by atoms with Crippen molar-refractivity contribution in [3.8, 4) is 11.5 Å². The molecule has 0 radical (unpaired) electrons. The van der Waals surface area contributed by atoms with Crippen molar-refractivity contribution in [3.05, 3.63) is 22.7 Å². The molecule has 1 heterocycles. The van der Waals surface area contributed by atoms with E-state index in [-0.39, 0.29) is 6.54 Å². The molecule has 27 heavy (non-hydrogen) atoms. The van der Waals surface area contributed by atoms with E-state index in [1.165, 1.54) is 0 Å². The lowest BCUT2D eigenvalue weighted by atomic mass is 10.0. The summed E-state index contributed by atoms with van der Waals surface area (Å²) in [5, 5.41) is 9.63. The van der Waals surface area contributed by atoms with E-state index in [1.54, 1.807) is 7.11 Å². The Labute approximate surface area is 167 Å². The Bertz CT molecular complexity index is 618. The number of ether oxygens (including phenoxy) is 2. The Kier molecular flexibility index (Phi) is 8.67. The van der Waals surface area contributed by atoms with E-state index in [4.69, 9.17) is 26.2 Å². The summed E-state index contributed by atoms with van der Waals surface area (Å²) < 4.78 is 11.2. The quantitative estimate of drug-likeness (QED) is 0.650. The second-order valence-corrected chi connectivity index (χ2v) is 7.33. The SMILES string of the molecule is CCCOc1c(Cl)cc(CN2CCC(N(CC)CC(=O)O)CC2)cc1OC. The number of piperidine rings is 1. The van der Waals surface area contributed by atoms with Gasteiger partial charge >= 0.3 is 5.97 Å². The van der Waals surface area contributed by atoms with Crippen molar-refractivity contribution in [1.29, 1.82) is 0 Å². The molecule has 0 bridgehead atoms. The molecule has 1 aromatic carbocycles. The highest BCUT2D eigenvalue weighted by molar-refractivity contribution is 6.32. The summed E-state index contributed by atoms with van der Waals surface area (Å²) in [6.45, 7) is 8.23. The van der Waals surface area contributed by atoms with Gasteiger partial charge in [-0.15, -0.1) is 0 Å². The summed E-state index contributed by atoms with van der Waals surface area (Å²) in [4.78, 5) is 15.4. The van der Waals surface area contributed by atoms with Crippen LogP contribution in [0.5, 0.6) is 11.5 Å². The van der Waals surface area contributed by atoms with E-state index in [1.807, 2.05) is 19.1 Å². The van der Waals surface area contributed by atoms with Crippen LogP contribution in [0.4, 0.5) is 0 Å². The number of benzene rings is 1. The molecular formula is C20H31ClN2O4. The Morgan fingerprint density at radius 2 is 2.04 bits per heavy atom. The number of carbonyl (C=O) groups is 1. The van der Waals surface area contributed by atoms with Crippen LogP contribution in [0.1, 0.15) is 38.7 Å². The molecule has 7 heteroatoms. The molecule has 1 aliphatic rings. The zero-order valence-electron chi connectivity index (χ0n) is 16.5. The zero-order chi connectivity index (χ0) is 19.8. The summed E-state index contributed by atoms with van der Waals surface area (Å²) in [6.07, 6.45) is 2.86. The van der Waals surface area contributed by atoms with Crippen molar-refractivity contribution in [2.24, 2.45) is 0 Å². The van der Waals surface area contributed by atoms with Gasteiger partial charge in [-0.2, -0.15) is 0 Å². The molecule has 0 aromatic heterocycles. The Morgan fingerprint density at radius 1 is 1.33 bits per heavy atom. The Hall–Kier alpha value is -1.50. The van der Waals surface area contributed by atoms with Crippen molar-refractivity contribution in [1.82, 2.24) is 9.80 Å². The highest BCUT2D eigenvalue weighted by Crippen LogP contribution is 2.37. The zero-order valence-corrected chi connectivity index (χ0v) is 17.3. The van der Waals surface area contributed by atoms with Crippen LogP contribution in [0.15, 0.2) is 12.1 Å². The summed E-state index contributed by atoms with van der Waals surface area (Å²) in [6, 6.07) is 4.28. The van der Waals surface area contributed by atoms with Gasteiger partial charge in [-0.05, 0) is 56.6 Å². The predicted molar refractivity (Wildman–Crippen MR) is 107 cm³/mol. The van der Waals surface area contributed by atoms with Gasteiger partial charge in [-0.25, -0.2) is 0 Å². The molecule has 1 fully saturated rings. The third kappa shape index (κ3) is 6.26. The van der Waals surface area contributed by atoms with Gasteiger partial charge in [0.2, 0.25) is 0 Å². The van der Waals surface area contributed by atoms with Crippen molar-refractivity contribution in [3.63, 3.8) is 0 Å². The lowest BCUT2D eigenvalue weighted by Crippen LogP contribution is -2.46. The van der Waals surface area contributed by atoms with Crippen LogP contribution < -0.4 is 9.47 Å². The second kappa shape index (κ2) is 10.7. The molecule has 0 spiro atoms.